The van der Waals surface area contributed by atoms with Crippen LogP contribution in [-0.2, 0) is 9.59 Å². The van der Waals surface area contributed by atoms with Gasteiger partial charge in [0, 0.05) is 9.92 Å². The second kappa shape index (κ2) is 9.00. The number of thioether (sulfide) groups is 1. The molecule has 0 unspecified atom stereocenters. The summed E-state index contributed by atoms with van der Waals surface area (Å²) in [5, 5.41) is 0.610. The lowest BCUT2D eigenvalue weighted by molar-refractivity contribution is -0.119. The van der Waals surface area contributed by atoms with E-state index in [1.807, 2.05) is 56.3 Å². The fraction of sp³-hybridized carbons (Fsp3) is 0.120. The second-order valence-corrected chi connectivity index (χ2v) is 8.75. The number of anilines is 1. The summed E-state index contributed by atoms with van der Waals surface area (Å²) in [5.41, 5.74) is 1.59. The van der Waals surface area contributed by atoms with Crippen LogP contribution in [0, 0.1) is 0 Å². The number of carbonyl (C=O) groups is 2. The molecule has 1 aliphatic rings. The molecule has 3 aromatic carbocycles. The van der Waals surface area contributed by atoms with Crippen molar-refractivity contribution >= 4 is 46.4 Å². The van der Waals surface area contributed by atoms with Crippen LogP contribution in [0.15, 0.2) is 88.7 Å². The van der Waals surface area contributed by atoms with E-state index in [1.165, 1.54) is 16.7 Å². The minimum Gasteiger partial charge on any atom is -0.491 e. The first-order valence-electron chi connectivity index (χ1n) is 9.82. The highest BCUT2D eigenvalue weighted by Crippen LogP contribution is 2.41. The Kier molecular flexibility index (Phi) is 6.16. The first-order chi connectivity index (χ1) is 14.9. The molecule has 4 rings (SSSR count). The standard InChI is InChI=1S/C25H20ClNO3S/c1-16(2)30-20-12-8-17(9-13-20)22-23(31-21-14-10-18(26)11-15-21)25(29)27(24(22)28)19-6-4-3-5-7-19/h3-16H,1-2H3. The Balaban J connectivity index is 1.76. The highest BCUT2D eigenvalue weighted by molar-refractivity contribution is 8.04. The number of hydrogen-bond donors (Lipinski definition) is 0. The molecular weight excluding hydrogens is 430 g/mol. The maximum absolute atomic E-state index is 13.4. The summed E-state index contributed by atoms with van der Waals surface area (Å²) in [5.74, 6) is 0.0294. The summed E-state index contributed by atoms with van der Waals surface area (Å²) in [6.45, 7) is 3.91. The van der Waals surface area contributed by atoms with E-state index in [0.29, 0.717) is 32.5 Å². The van der Waals surface area contributed by atoms with Crippen LogP contribution in [0.4, 0.5) is 5.69 Å². The van der Waals surface area contributed by atoms with Crippen LogP contribution in [0.1, 0.15) is 19.4 Å². The van der Waals surface area contributed by atoms with E-state index in [9.17, 15) is 9.59 Å². The fourth-order valence-electron chi connectivity index (χ4n) is 3.26. The zero-order valence-electron chi connectivity index (χ0n) is 17.0. The number of benzene rings is 3. The highest BCUT2D eigenvalue weighted by Gasteiger charge is 2.40. The SMILES string of the molecule is CC(C)Oc1ccc(C2=C(Sc3ccc(Cl)cc3)C(=O)N(c3ccccc3)C2=O)cc1. The summed E-state index contributed by atoms with van der Waals surface area (Å²) in [7, 11) is 0. The van der Waals surface area contributed by atoms with Crippen molar-refractivity contribution < 1.29 is 14.3 Å². The predicted molar refractivity (Wildman–Crippen MR) is 125 cm³/mol. The van der Waals surface area contributed by atoms with Gasteiger partial charge in [-0.2, -0.15) is 0 Å². The Morgan fingerprint density at radius 3 is 2.10 bits per heavy atom. The lowest BCUT2D eigenvalue weighted by Crippen LogP contribution is -2.31. The van der Waals surface area contributed by atoms with Crippen molar-refractivity contribution in [3.8, 4) is 5.75 Å². The van der Waals surface area contributed by atoms with Crippen LogP contribution in [0.5, 0.6) is 5.75 Å². The molecule has 1 aliphatic heterocycles. The van der Waals surface area contributed by atoms with Crippen molar-refractivity contribution in [3.05, 3.63) is 94.4 Å². The normalized spacial score (nSPS) is 14.0. The first-order valence-corrected chi connectivity index (χ1v) is 11.0. The topological polar surface area (TPSA) is 46.6 Å². The van der Waals surface area contributed by atoms with Crippen molar-refractivity contribution in [3.63, 3.8) is 0 Å². The van der Waals surface area contributed by atoms with Gasteiger partial charge in [-0.1, -0.05) is 53.7 Å². The van der Waals surface area contributed by atoms with Gasteiger partial charge in [0.1, 0.15) is 5.75 Å². The van der Waals surface area contributed by atoms with Gasteiger partial charge in [0.05, 0.1) is 22.3 Å². The van der Waals surface area contributed by atoms with Crippen LogP contribution in [0.2, 0.25) is 5.02 Å². The van der Waals surface area contributed by atoms with Crippen molar-refractivity contribution in [1.29, 1.82) is 0 Å². The van der Waals surface area contributed by atoms with Gasteiger partial charge in [-0.3, -0.25) is 9.59 Å². The fourth-order valence-corrected chi connectivity index (χ4v) is 4.38. The lowest BCUT2D eigenvalue weighted by Gasteiger charge is -2.15. The smallest absolute Gasteiger partial charge is 0.272 e. The Morgan fingerprint density at radius 2 is 1.48 bits per heavy atom. The quantitative estimate of drug-likeness (QED) is 0.420. The third-order valence-corrected chi connectivity index (χ3v) is 5.95. The number of carbonyl (C=O) groups excluding carboxylic acids is 2. The molecule has 31 heavy (non-hydrogen) atoms. The summed E-state index contributed by atoms with van der Waals surface area (Å²) in [6, 6.07) is 23.4. The van der Waals surface area contributed by atoms with Gasteiger partial charge in [-0.15, -0.1) is 0 Å². The molecule has 0 radical (unpaired) electrons. The molecule has 0 bridgehead atoms. The first kappa shape index (κ1) is 21.2. The number of ether oxygens (including phenoxy) is 1. The number of amides is 2. The number of halogens is 1. The average molecular weight is 450 g/mol. The maximum Gasteiger partial charge on any atom is 0.272 e. The largest absolute Gasteiger partial charge is 0.491 e. The Bertz CT molecular complexity index is 1140. The highest BCUT2D eigenvalue weighted by atomic mass is 35.5. The number of rotatable bonds is 6. The maximum atomic E-state index is 13.4. The molecule has 4 nitrogen and oxygen atoms in total. The minimum atomic E-state index is -0.342. The van der Waals surface area contributed by atoms with Gasteiger partial charge in [-0.05, 0) is 67.9 Å². The molecule has 2 amide bonds. The number of nitrogens with zero attached hydrogens (tertiary/aromatic N) is 1. The van der Waals surface area contributed by atoms with E-state index in [4.69, 9.17) is 16.3 Å². The molecule has 156 valence electrons. The monoisotopic (exact) mass is 449 g/mol. The number of hydrogen-bond acceptors (Lipinski definition) is 4. The van der Waals surface area contributed by atoms with Crippen LogP contribution in [0.3, 0.4) is 0 Å². The van der Waals surface area contributed by atoms with E-state index in [1.54, 1.807) is 36.4 Å². The summed E-state index contributed by atoms with van der Waals surface area (Å²) in [6.07, 6.45) is 0.0457. The van der Waals surface area contributed by atoms with Crippen molar-refractivity contribution in [2.24, 2.45) is 0 Å². The molecule has 0 aliphatic carbocycles. The average Bonchev–Trinajstić information content (AvgIpc) is 3.00. The third kappa shape index (κ3) is 4.53. The molecule has 1 heterocycles. The Morgan fingerprint density at radius 1 is 0.839 bits per heavy atom. The zero-order chi connectivity index (χ0) is 22.0. The van der Waals surface area contributed by atoms with Gasteiger partial charge < -0.3 is 4.74 Å². The molecule has 0 aromatic heterocycles. The van der Waals surface area contributed by atoms with E-state index in [2.05, 4.69) is 0 Å². The molecule has 0 saturated heterocycles. The van der Waals surface area contributed by atoms with Crippen LogP contribution < -0.4 is 9.64 Å². The van der Waals surface area contributed by atoms with Gasteiger partial charge in [0.25, 0.3) is 11.8 Å². The molecule has 0 atom stereocenters. The van der Waals surface area contributed by atoms with Gasteiger partial charge in [0.2, 0.25) is 0 Å². The minimum absolute atomic E-state index is 0.0457. The molecule has 0 spiro atoms. The van der Waals surface area contributed by atoms with Crippen LogP contribution in [-0.4, -0.2) is 17.9 Å². The van der Waals surface area contributed by atoms with Crippen molar-refractivity contribution in [2.45, 2.75) is 24.8 Å². The lowest BCUT2D eigenvalue weighted by atomic mass is 10.1. The molecule has 0 saturated carbocycles. The Hall–Kier alpha value is -3.02. The van der Waals surface area contributed by atoms with Crippen molar-refractivity contribution in [1.82, 2.24) is 0 Å². The number of para-hydroxylation sites is 1. The van der Waals surface area contributed by atoms with E-state index in [0.717, 1.165) is 4.90 Å². The molecule has 3 aromatic rings. The summed E-state index contributed by atoms with van der Waals surface area (Å²) >= 11 is 7.26. The van der Waals surface area contributed by atoms with E-state index < -0.39 is 0 Å². The van der Waals surface area contributed by atoms with Crippen LogP contribution in [0.25, 0.3) is 5.57 Å². The van der Waals surface area contributed by atoms with E-state index >= 15 is 0 Å². The van der Waals surface area contributed by atoms with Crippen molar-refractivity contribution in [2.75, 3.05) is 4.90 Å². The van der Waals surface area contributed by atoms with Gasteiger partial charge in [-0.25, -0.2) is 4.90 Å². The summed E-state index contributed by atoms with van der Waals surface area (Å²) in [4.78, 5) is 29.2. The molecule has 0 N–H and O–H groups in total. The molecule has 6 heteroatoms. The third-order valence-electron chi connectivity index (χ3n) is 4.60. The van der Waals surface area contributed by atoms with Crippen LogP contribution >= 0.6 is 23.4 Å². The number of imide groups is 1. The van der Waals surface area contributed by atoms with Gasteiger partial charge >= 0.3 is 0 Å². The predicted octanol–water partition coefficient (Wildman–Crippen LogP) is 6.20. The Labute approximate surface area is 190 Å². The molecule has 0 fully saturated rings. The summed E-state index contributed by atoms with van der Waals surface area (Å²) < 4.78 is 5.71. The van der Waals surface area contributed by atoms with E-state index in [-0.39, 0.29) is 17.9 Å². The zero-order valence-corrected chi connectivity index (χ0v) is 18.6. The molecular formula is C25H20ClNO3S. The van der Waals surface area contributed by atoms with Gasteiger partial charge in [0.15, 0.2) is 0 Å². The second-order valence-electron chi connectivity index (χ2n) is 7.23.